The van der Waals surface area contributed by atoms with Crippen molar-refractivity contribution in [3.8, 4) is 0 Å². The minimum Gasteiger partial charge on any atom is -0.357 e. The molecule has 8 heteroatoms. The molecule has 0 aliphatic carbocycles. The summed E-state index contributed by atoms with van der Waals surface area (Å²) in [5.74, 6) is 0.0447. The standard InChI is InChI=1S/C10H10BrF3N4/c1-5-4-6(11)7(10(12,13)14)17-8(5)18-9(15-2)16-3/h4H,2H2,1,3H3,(H,16,17,18). The molecule has 0 spiro atoms. The summed E-state index contributed by atoms with van der Waals surface area (Å²) in [7, 11) is 1.53. The van der Waals surface area contributed by atoms with Crippen LogP contribution in [0.25, 0.3) is 0 Å². The third kappa shape index (κ3) is 3.28. The summed E-state index contributed by atoms with van der Waals surface area (Å²) in [5.41, 5.74) is -0.530. The highest BCUT2D eigenvalue weighted by Crippen LogP contribution is 2.35. The normalized spacial score (nSPS) is 12.4. The van der Waals surface area contributed by atoms with Crippen molar-refractivity contribution in [3.63, 3.8) is 0 Å². The first-order valence-corrected chi connectivity index (χ1v) is 5.56. The lowest BCUT2D eigenvalue weighted by Gasteiger charge is -2.10. The van der Waals surface area contributed by atoms with E-state index in [0.29, 0.717) is 5.56 Å². The van der Waals surface area contributed by atoms with E-state index in [1.165, 1.54) is 13.1 Å². The molecule has 0 bridgehead atoms. The average molecular weight is 323 g/mol. The van der Waals surface area contributed by atoms with E-state index in [9.17, 15) is 13.2 Å². The van der Waals surface area contributed by atoms with Gasteiger partial charge in [-0.25, -0.2) is 9.98 Å². The molecule has 1 aromatic heterocycles. The largest absolute Gasteiger partial charge is 0.434 e. The Balaban J connectivity index is 3.38. The van der Waals surface area contributed by atoms with Crippen LogP contribution >= 0.6 is 15.9 Å². The van der Waals surface area contributed by atoms with Crippen LogP contribution in [-0.2, 0) is 6.18 Å². The van der Waals surface area contributed by atoms with E-state index in [0.717, 1.165) is 0 Å². The Bertz CT molecular complexity index is 497. The molecule has 0 aliphatic heterocycles. The van der Waals surface area contributed by atoms with Gasteiger partial charge in [0.25, 0.3) is 0 Å². The van der Waals surface area contributed by atoms with Gasteiger partial charge in [-0.05, 0) is 41.2 Å². The first-order chi connectivity index (χ1) is 8.29. The van der Waals surface area contributed by atoms with Gasteiger partial charge < -0.3 is 5.32 Å². The van der Waals surface area contributed by atoms with Crippen LogP contribution in [0.5, 0.6) is 0 Å². The Labute approximate surface area is 110 Å². The molecule has 1 heterocycles. The number of hydrogen-bond donors (Lipinski definition) is 1. The number of rotatable bonds is 1. The summed E-state index contributed by atoms with van der Waals surface area (Å²) in [6.45, 7) is 4.85. The molecule has 18 heavy (non-hydrogen) atoms. The number of nitrogens with one attached hydrogen (secondary N) is 1. The third-order valence-corrected chi connectivity index (χ3v) is 2.60. The third-order valence-electron chi connectivity index (χ3n) is 1.99. The number of guanidine groups is 1. The van der Waals surface area contributed by atoms with Crippen LogP contribution in [0.15, 0.2) is 20.5 Å². The number of aromatic nitrogens is 1. The minimum absolute atomic E-state index is 0.0534. The highest BCUT2D eigenvalue weighted by atomic mass is 79.9. The molecule has 4 nitrogen and oxygen atoms in total. The zero-order chi connectivity index (χ0) is 13.9. The monoisotopic (exact) mass is 322 g/mol. The van der Waals surface area contributed by atoms with Crippen LogP contribution in [0.2, 0.25) is 0 Å². The molecule has 98 valence electrons. The number of nitrogens with zero attached hydrogens (tertiary/aromatic N) is 3. The number of alkyl halides is 3. The van der Waals surface area contributed by atoms with Crippen LogP contribution in [0.1, 0.15) is 11.3 Å². The van der Waals surface area contributed by atoms with E-state index in [2.05, 4.69) is 42.9 Å². The van der Waals surface area contributed by atoms with E-state index in [4.69, 9.17) is 0 Å². The lowest BCUT2D eigenvalue weighted by Crippen LogP contribution is -2.15. The van der Waals surface area contributed by atoms with Gasteiger partial charge >= 0.3 is 6.18 Å². The van der Waals surface area contributed by atoms with Crippen LogP contribution in [0, 0.1) is 6.92 Å². The highest BCUT2D eigenvalue weighted by molar-refractivity contribution is 9.10. The van der Waals surface area contributed by atoms with Gasteiger partial charge in [0.05, 0.1) is 0 Å². The molecular weight excluding hydrogens is 313 g/mol. The number of aryl methyl sites for hydroxylation is 1. The minimum atomic E-state index is -4.54. The van der Waals surface area contributed by atoms with Gasteiger partial charge in [0.2, 0.25) is 5.96 Å². The topological polar surface area (TPSA) is 49.6 Å². The van der Waals surface area contributed by atoms with Crippen LogP contribution in [-0.4, -0.2) is 24.7 Å². The molecule has 0 aliphatic rings. The fourth-order valence-corrected chi connectivity index (χ4v) is 1.81. The maximum Gasteiger partial charge on any atom is 0.434 e. The summed E-state index contributed by atoms with van der Waals surface area (Å²) in [4.78, 5) is 10.9. The van der Waals surface area contributed by atoms with Crippen LogP contribution in [0.3, 0.4) is 0 Å². The smallest absolute Gasteiger partial charge is 0.357 e. The second-order valence-electron chi connectivity index (χ2n) is 3.30. The maximum absolute atomic E-state index is 12.7. The number of hydrogen-bond acceptors (Lipinski definition) is 2. The predicted octanol–water partition coefficient (Wildman–Crippen LogP) is 3.08. The molecule has 0 atom stereocenters. The molecule has 1 rings (SSSR count). The van der Waals surface area contributed by atoms with E-state index >= 15 is 0 Å². The van der Waals surface area contributed by atoms with Crippen molar-refractivity contribution in [2.45, 2.75) is 13.1 Å². The molecule has 0 unspecified atom stereocenters. The van der Waals surface area contributed by atoms with Crippen LogP contribution in [0.4, 0.5) is 19.0 Å². The summed E-state index contributed by atoms with van der Waals surface area (Å²) >= 11 is 2.84. The van der Waals surface area contributed by atoms with Gasteiger partial charge in [-0.2, -0.15) is 18.2 Å². The Morgan fingerprint density at radius 1 is 1.50 bits per heavy atom. The van der Waals surface area contributed by atoms with Crippen molar-refractivity contribution in [2.75, 3.05) is 7.05 Å². The maximum atomic E-state index is 12.7. The van der Waals surface area contributed by atoms with E-state index in [-0.39, 0.29) is 16.3 Å². The molecular formula is C10H10BrF3N4. The Hall–Kier alpha value is -1.44. The average Bonchev–Trinajstić information content (AvgIpc) is 2.26. The fourth-order valence-electron chi connectivity index (χ4n) is 1.15. The summed E-state index contributed by atoms with van der Waals surface area (Å²) in [6, 6.07) is 1.31. The van der Waals surface area contributed by atoms with Gasteiger partial charge in [0.1, 0.15) is 0 Å². The van der Waals surface area contributed by atoms with Crippen molar-refractivity contribution >= 4 is 34.4 Å². The fraction of sp³-hybridized carbons (Fsp3) is 0.300. The number of pyridine rings is 1. The number of aliphatic imine (C=N–C) groups is 2. The highest BCUT2D eigenvalue weighted by Gasteiger charge is 2.35. The Morgan fingerprint density at radius 2 is 2.11 bits per heavy atom. The van der Waals surface area contributed by atoms with E-state index < -0.39 is 11.9 Å². The lowest BCUT2D eigenvalue weighted by atomic mass is 10.2. The second-order valence-corrected chi connectivity index (χ2v) is 4.15. The van der Waals surface area contributed by atoms with Gasteiger partial charge in [-0.1, -0.05) is 0 Å². The molecule has 0 radical (unpaired) electrons. The van der Waals surface area contributed by atoms with E-state index in [1.54, 1.807) is 6.92 Å². The summed E-state index contributed by atoms with van der Waals surface area (Å²) < 4.78 is 37.9. The Morgan fingerprint density at radius 3 is 2.56 bits per heavy atom. The first-order valence-electron chi connectivity index (χ1n) is 4.77. The molecule has 0 saturated carbocycles. The second kappa shape index (κ2) is 5.47. The lowest BCUT2D eigenvalue weighted by molar-refractivity contribution is -0.141. The molecule has 0 aromatic carbocycles. The molecule has 1 N–H and O–H groups in total. The molecule has 0 amide bonds. The van der Waals surface area contributed by atoms with Crippen molar-refractivity contribution in [1.82, 2.24) is 10.3 Å². The van der Waals surface area contributed by atoms with Crippen molar-refractivity contribution in [3.05, 3.63) is 21.8 Å². The van der Waals surface area contributed by atoms with Gasteiger partial charge in [-0.15, -0.1) is 0 Å². The SMILES string of the molecule is C=N/C(=N\c1nc(C(F)(F)F)c(Br)cc1C)NC. The first kappa shape index (κ1) is 14.6. The predicted molar refractivity (Wildman–Crippen MR) is 67.4 cm³/mol. The van der Waals surface area contributed by atoms with Gasteiger partial charge in [-0.3, -0.25) is 0 Å². The quantitative estimate of drug-likeness (QED) is 0.638. The van der Waals surface area contributed by atoms with Crippen molar-refractivity contribution in [2.24, 2.45) is 9.98 Å². The van der Waals surface area contributed by atoms with Crippen LogP contribution < -0.4 is 5.32 Å². The van der Waals surface area contributed by atoms with E-state index in [1.807, 2.05) is 0 Å². The van der Waals surface area contributed by atoms with Gasteiger partial charge in [0.15, 0.2) is 11.5 Å². The number of halogens is 4. The zero-order valence-electron chi connectivity index (χ0n) is 9.64. The summed E-state index contributed by atoms with van der Waals surface area (Å²) in [6.07, 6.45) is -4.54. The van der Waals surface area contributed by atoms with Gasteiger partial charge in [0, 0.05) is 11.5 Å². The van der Waals surface area contributed by atoms with Crippen molar-refractivity contribution < 1.29 is 13.2 Å². The molecule has 0 fully saturated rings. The summed E-state index contributed by atoms with van der Waals surface area (Å²) in [5, 5.41) is 2.59. The Kier molecular flexibility index (Phi) is 4.44. The molecule has 1 aromatic rings. The zero-order valence-corrected chi connectivity index (χ0v) is 11.2. The van der Waals surface area contributed by atoms with Crippen molar-refractivity contribution in [1.29, 1.82) is 0 Å². The molecule has 0 saturated heterocycles.